The Bertz CT molecular complexity index is 602. The maximum absolute atomic E-state index is 12.6. The first-order valence-corrected chi connectivity index (χ1v) is 6.91. The molecule has 4 atom stereocenters. The standard InChI is InChI=1S/C17H18O3/c1-10-14(11-7-5-4-6-8-11)15-16(19)12(20-3)9-13(18)17(10,15)2/h4-10,14-15H,1-3H3/t10?,14-,15+,17-/m1/s1. The minimum Gasteiger partial charge on any atom is -0.493 e. The number of ether oxygens (including phenoxy) is 1. The SMILES string of the molecule is COC1=CC(=O)[C@@]2(C)C(C)[C@H](c3ccccc3)[C@H]2C1=O. The molecule has 1 saturated carbocycles. The largest absolute Gasteiger partial charge is 0.493 e. The van der Waals surface area contributed by atoms with E-state index in [-0.39, 0.29) is 35.1 Å². The summed E-state index contributed by atoms with van der Waals surface area (Å²) >= 11 is 0. The van der Waals surface area contributed by atoms with Crippen molar-refractivity contribution >= 4 is 11.6 Å². The third kappa shape index (κ3) is 1.46. The average Bonchev–Trinajstić information content (AvgIpc) is 2.47. The number of rotatable bonds is 2. The van der Waals surface area contributed by atoms with E-state index in [0.29, 0.717) is 0 Å². The van der Waals surface area contributed by atoms with Gasteiger partial charge in [-0.25, -0.2) is 0 Å². The van der Waals surface area contributed by atoms with Crippen LogP contribution >= 0.6 is 0 Å². The van der Waals surface area contributed by atoms with Crippen molar-refractivity contribution in [2.24, 2.45) is 17.3 Å². The van der Waals surface area contributed by atoms with Crippen LogP contribution < -0.4 is 0 Å². The Morgan fingerprint density at radius 1 is 1.15 bits per heavy atom. The number of ketones is 2. The van der Waals surface area contributed by atoms with Gasteiger partial charge in [-0.05, 0) is 17.4 Å². The number of hydrogen-bond donors (Lipinski definition) is 0. The van der Waals surface area contributed by atoms with Crippen LogP contribution in [-0.4, -0.2) is 18.7 Å². The van der Waals surface area contributed by atoms with Gasteiger partial charge in [0.15, 0.2) is 11.5 Å². The Labute approximate surface area is 118 Å². The molecule has 104 valence electrons. The summed E-state index contributed by atoms with van der Waals surface area (Å²) < 4.78 is 5.08. The van der Waals surface area contributed by atoms with Gasteiger partial charge in [-0.1, -0.05) is 44.2 Å². The van der Waals surface area contributed by atoms with E-state index in [0.717, 1.165) is 5.56 Å². The summed E-state index contributed by atoms with van der Waals surface area (Å²) in [5, 5.41) is 0. The minimum absolute atomic E-state index is 0.0126. The van der Waals surface area contributed by atoms with E-state index in [1.165, 1.54) is 13.2 Å². The molecule has 2 aliphatic carbocycles. The lowest BCUT2D eigenvalue weighted by molar-refractivity contribution is -0.159. The Hall–Kier alpha value is -1.90. The topological polar surface area (TPSA) is 43.4 Å². The number of Topliss-reactive ketones (excluding diaryl/α,β-unsaturated/α-hetero) is 1. The molecule has 1 fully saturated rings. The highest BCUT2D eigenvalue weighted by Gasteiger charge is 2.65. The highest BCUT2D eigenvalue weighted by Crippen LogP contribution is 2.63. The maximum atomic E-state index is 12.6. The number of allylic oxidation sites excluding steroid dienone is 2. The van der Waals surface area contributed by atoms with Crippen LogP contribution in [0.2, 0.25) is 0 Å². The van der Waals surface area contributed by atoms with Crippen LogP contribution in [0.25, 0.3) is 0 Å². The summed E-state index contributed by atoms with van der Waals surface area (Å²) in [6, 6.07) is 9.97. The van der Waals surface area contributed by atoms with E-state index >= 15 is 0 Å². The molecule has 0 bridgehead atoms. The predicted octanol–water partition coefficient (Wildman–Crippen LogP) is 2.72. The van der Waals surface area contributed by atoms with Crippen molar-refractivity contribution < 1.29 is 14.3 Å². The van der Waals surface area contributed by atoms with Crippen molar-refractivity contribution in [3.8, 4) is 0 Å². The molecule has 0 amide bonds. The first-order valence-electron chi connectivity index (χ1n) is 6.91. The van der Waals surface area contributed by atoms with E-state index in [2.05, 4.69) is 6.92 Å². The summed E-state index contributed by atoms with van der Waals surface area (Å²) in [5.74, 6) is 0.121. The van der Waals surface area contributed by atoms with Crippen LogP contribution in [0.5, 0.6) is 0 Å². The third-order valence-electron chi connectivity index (χ3n) is 5.21. The molecule has 3 nitrogen and oxygen atoms in total. The summed E-state index contributed by atoms with van der Waals surface area (Å²) in [6.07, 6.45) is 1.37. The van der Waals surface area contributed by atoms with Crippen LogP contribution in [0.1, 0.15) is 25.3 Å². The third-order valence-corrected chi connectivity index (χ3v) is 5.21. The van der Waals surface area contributed by atoms with E-state index in [4.69, 9.17) is 4.74 Å². The number of carbonyl (C=O) groups is 2. The van der Waals surface area contributed by atoms with E-state index < -0.39 is 5.41 Å². The van der Waals surface area contributed by atoms with E-state index in [9.17, 15) is 9.59 Å². The van der Waals surface area contributed by atoms with Gasteiger partial charge >= 0.3 is 0 Å². The number of hydrogen-bond acceptors (Lipinski definition) is 3. The van der Waals surface area contributed by atoms with Crippen molar-refractivity contribution in [1.82, 2.24) is 0 Å². The van der Waals surface area contributed by atoms with Crippen molar-refractivity contribution in [3.05, 3.63) is 47.7 Å². The molecule has 0 saturated heterocycles. The van der Waals surface area contributed by atoms with Gasteiger partial charge in [-0.2, -0.15) is 0 Å². The highest BCUT2D eigenvalue weighted by atomic mass is 16.5. The number of methoxy groups -OCH3 is 1. The molecule has 3 heteroatoms. The van der Waals surface area contributed by atoms with Gasteiger partial charge in [0.1, 0.15) is 0 Å². The average molecular weight is 270 g/mol. The van der Waals surface area contributed by atoms with Gasteiger partial charge < -0.3 is 4.74 Å². The molecule has 0 aliphatic heterocycles. The second-order valence-corrected chi connectivity index (χ2v) is 5.93. The predicted molar refractivity (Wildman–Crippen MR) is 75.1 cm³/mol. The van der Waals surface area contributed by atoms with E-state index in [1.807, 2.05) is 37.3 Å². The van der Waals surface area contributed by atoms with Gasteiger partial charge in [0, 0.05) is 17.4 Å². The summed E-state index contributed by atoms with van der Waals surface area (Å²) in [7, 11) is 1.44. The highest BCUT2D eigenvalue weighted by molar-refractivity contribution is 6.13. The van der Waals surface area contributed by atoms with Crippen molar-refractivity contribution in [3.63, 3.8) is 0 Å². The molecule has 20 heavy (non-hydrogen) atoms. The molecule has 1 aromatic rings. The molecule has 1 aromatic carbocycles. The molecular formula is C17H18O3. The number of carbonyl (C=O) groups excluding carboxylic acids is 2. The van der Waals surface area contributed by atoms with Gasteiger partial charge in [-0.15, -0.1) is 0 Å². The molecular weight excluding hydrogens is 252 g/mol. The molecule has 1 unspecified atom stereocenters. The van der Waals surface area contributed by atoms with Gasteiger partial charge in [-0.3, -0.25) is 9.59 Å². The fourth-order valence-electron chi connectivity index (χ4n) is 3.83. The molecule has 0 radical (unpaired) electrons. The normalized spacial score (nSPS) is 36.0. The zero-order valence-corrected chi connectivity index (χ0v) is 11.9. The number of fused-ring (bicyclic) bond motifs is 1. The zero-order valence-electron chi connectivity index (χ0n) is 11.9. The molecule has 2 aliphatic rings. The first kappa shape index (κ1) is 13.1. The zero-order chi connectivity index (χ0) is 14.5. The maximum Gasteiger partial charge on any atom is 0.202 e. The quantitative estimate of drug-likeness (QED) is 0.830. The van der Waals surface area contributed by atoms with E-state index in [1.54, 1.807) is 0 Å². The Morgan fingerprint density at radius 3 is 2.40 bits per heavy atom. The van der Waals surface area contributed by atoms with Crippen LogP contribution in [-0.2, 0) is 14.3 Å². The summed E-state index contributed by atoms with van der Waals surface area (Å²) in [5.41, 5.74) is 0.542. The molecule has 3 rings (SSSR count). The summed E-state index contributed by atoms with van der Waals surface area (Å²) in [4.78, 5) is 24.9. The smallest absolute Gasteiger partial charge is 0.202 e. The second-order valence-electron chi connectivity index (χ2n) is 5.93. The Morgan fingerprint density at radius 2 is 1.80 bits per heavy atom. The monoisotopic (exact) mass is 270 g/mol. The molecule has 0 spiro atoms. The lowest BCUT2D eigenvalue weighted by atomic mass is 9.42. The second kappa shape index (κ2) is 4.30. The molecule has 0 N–H and O–H groups in total. The van der Waals surface area contributed by atoms with Gasteiger partial charge in [0.05, 0.1) is 7.11 Å². The van der Waals surface area contributed by atoms with Crippen molar-refractivity contribution in [2.75, 3.05) is 7.11 Å². The van der Waals surface area contributed by atoms with Crippen LogP contribution in [0.4, 0.5) is 0 Å². The first-order chi connectivity index (χ1) is 9.51. The van der Waals surface area contributed by atoms with Crippen LogP contribution in [0.15, 0.2) is 42.2 Å². The fourth-order valence-corrected chi connectivity index (χ4v) is 3.83. The van der Waals surface area contributed by atoms with Crippen molar-refractivity contribution in [1.29, 1.82) is 0 Å². The Balaban J connectivity index is 2.06. The minimum atomic E-state index is -0.584. The van der Waals surface area contributed by atoms with Crippen molar-refractivity contribution in [2.45, 2.75) is 19.8 Å². The van der Waals surface area contributed by atoms with Crippen LogP contribution in [0.3, 0.4) is 0 Å². The summed E-state index contributed by atoms with van der Waals surface area (Å²) in [6.45, 7) is 3.97. The number of benzene rings is 1. The molecule has 0 heterocycles. The fraction of sp³-hybridized carbons (Fsp3) is 0.412. The van der Waals surface area contributed by atoms with Crippen LogP contribution in [0, 0.1) is 17.3 Å². The molecule has 0 aromatic heterocycles. The van der Waals surface area contributed by atoms with Gasteiger partial charge in [0.25, 0.3) is 0 Å². The van der Waals surface area contributed by atoms with Gasteiger partial charge in [0.2, 0.25) is 5.78 Å². The lowest BCUT2D eigenvalue weighted by Gasteiger charge is -2.58. The Kier molecular flexibility index (Phi) is 2.82. The lowest BCUT2D eigenvalue weighted by Crippen LogP contribution is -2.61.